The highest BCUT2D eigenvalue weighted by molar-refractivity contribution is 6.00. The van der Waals surface area contributed by atoms with Crippen LogP contribution in [0.2, 0.25) is 0 Å². The van der Waals surface area contributed by atoms with Gasteiger partial charge in [-0.1, -0.05) is 6.07 Å². The van der Waals surface area contributed by atoms with Gasteiger partial charge in [-0.05, 0) is 39.1 Å². The van der Waals surface area contributed by atoms with E-state index in [0.717, 1.165) is 57.7 Å². The number of likely N-dealkylation sites (N-methyl/N-ethyl adjacent to an activating group) is 1. The fourth-order valence-corrected chi connectivity index (χ4v) is 4.24. The third-order valence-electron chi connectivity index (χ3n) is 5.77. The van der Waals surface area contributed by atoms with Gasteiger partial charge in [-0.15, -0.1) is 0 Å². The highest BCUT2D eigenvalue weighted by Gasteiger charge is 2.35. The van der Waals surface area contributed by atoms with Gasteiger partial charge in [0.2, 0.25) is 0 Å². The van der Waals surface area contributed by atoms with E-state index in [1.807, 2.05) is 29.3 Å². The van der Waals surface area contributed by atoms with Crippen LogP contribution in [-0.2, 0) is 4.74 Å². The number of rotatable bonds is 4. The monoisotopic (exact) mass is 371 g/mol. The van der Waals surface area contributed by atoms with Crippen LogP contribution < -0.4 is 0 Å². The summed E-state index contributed by atoms with van der Waals surface area (Å²) in [7, 11) is 4.23. The summed E-state index contributed by atoms with van der Waals surface area (Å²) in [4.78, 5) is 19.9. The summed E-state index contributed by atoms with van der Waals surface area (Å²) in [6.45, 7) is 5.39. The molecule has 7 nitrogen and oxygen atoms in total. The van der Waals surface area contributed by atoms with Crippen molar-refractivity contribution >= 4 is 11.4 Å². The summed E-state index contributed by atoms with van der Waals surface area (Å²) < 4.78 is 7.84. The first-order chi connectivity index (χ1) is 13.1. The van der Waals surface area contributed by atoms with E-state index >= 15 is 0 Å². The van der Waals surface area contributed by atoms with Gasteiger partial charge in [-0.3, -0.25) is 9.69 Å². The number of hydrogen-bond acceptors (Lipinski definition) is 5. The van der Waals surface area contributed by atoms with E-state index in [0.29, 0.717) is 11.6 Å². The standard InChI is InChI=1S/C20H29N5O2/c1-22(2)11-12-23-13-14-27-19-7-10-24(9-6-18(19)23)20(26)16-15-21-25-8-4-3-5-17(16)25/h3-5,8,15,18-19H,6-7,9-14H2,1-2H3. The highest BCUT2D eigenvalue weighted by atomic mass is 16.5. The van der Waals surface area contributed by atoms with Crippen molar-refractivity contribution in [2.45, 2.75) is 25.0 Å². The molecule has 0 radical (unpaired) electrons. The zero-order valence-electron chi connectivity index (χ0n) is 16.3. The molecule has 2 unspecified atom stereocenters. The van der Waals surface area contributed by atoms with Gasteiger partial charge in [0, 0.05) is 45.0 Å². The molecule has 0 aliphatic carbocycles. The lowest BCUT2D eigenvalue weighted by molar-refractivity contribution is -0.0724. The molecule has 2 aromatic rings. The molecule has 0 saturated carbocycles. The van der Waals surface area contributed by atoms with Gasteiger partial charge < -0.3 is 14.5 Å². The topological polar surface area (TPSA) is 53.3 Å². The number of nitrogens with zero attached hydrogens (tertiary/aromatic N) is 5. The number of aromatic nitrogens is 2. The van der Waals surface area contributed by atoms with Gasteiger partial charge in [0.25, 0.3) is 5.91 Å². The Kier molecular flexibility index (Phi) is 5.43. The van der Waals surface area contributed by atoms with Gasteiger partial charge in [-0.25, -0.2) is 4.52 Å². The van der Waals surface area contributed by atoms with Crippen molar-refractivity contribution in [3.8, 4) is 0 Å². The van der Waals surface area contributed by atoms with Crippen LogP contribution in [0.3, 0.4) is 0 Å². The molecule has 27 heavy (non-hydrogen) atoms. The van der Waals surface area contributed by atoms with Crippen molar-refractivity contribution in [1.29, 1.82) is 0 Å². The van der Waals surface area contributed by atoms with Crippen molar-refractivity contribution in [2.75, 3.05) is 53.4 Å². The molecule has 2 saturated heterocycles. The molecular weight excluding hydrogens is 342 g/mol. The fourth-order valence-electron chi connectivity index (χ4n) is 4.24. The van der Waals surface area contributed by atoms with Crippen molar-refractivity contribution < 1.29 is 9.53 Å². The summed E-state index contributed by atoms with van der Waals surface area (Å²) in [5.41, 5.74) is 1.55. The lowest BCUT2D eigenvalue weighted by Crippen LogP contribution is -2.52. The summed E-state index contributed by atoms with van der Waals surface area (Å²) in [6.07, 6.45) is 5.65. The predicted molar refractivity (Wildman–Crippen MR) is 104 cm³/mol. The van der Waals surface area contributed by atoms with E-state index in [4.69, 9.17) is 4.74 Å². The van der Waals surface area contributed by atoms with Gasteiger partial charge >= 0.3 is 0 Å². The molecule has 2 aliphatic rings. The number of ether oxygens (including phenoxy) is 1. The first kappa shape index (κ1) is 18.4. The second kappa shape index (κ2) is 7.96. The van der Waals surface area contributed by atoms with Crippen molar-refractivity contribution in [3.05, 3.63) is 36.2 Å². The molecule has 146 valence electrons. The number of carbonyl (C=O) groups is 1. The Bertz CT molecular complexity index is 790. The third-order valence-corrected chi connectivity index (χ3v) is 5.77. The molecule has 0 spiro atoms. The molecule has 1 amide bonds. The summed E-state index contributed by atoms with van der Waals surface area (Å²) >= 11 is 0. The molecule has 2 atom stereocenters. The van der Waals surface area contributed by atoms with Crippen molar-refractivity contribution in [2.24, 2.45) is 0 Å². The molecule has 7 heteroatoms. The average Bonchev–Trinajstić information content (AvgIpc) is 2.98. The first-order valence-corrected chi connectivity index (χ1v) is 9.85. The molecule has 4 heterocycles. The smallest absolute Gasteiger partial charge is 0.257 e. The van der Waals surface area contributed by atoms with E-state index in [1.54, 1.807) is 10.7 Å². The second-order valence-corrected chi connectivity index (χ2v) is 7.77. The number of morpholine rings is 1. The quantitative estimate of drug-likeness (QED) is 0.808. The minimum absolute atomic E-state index is 0.0784. The van der Waals surface area contributed by atoms with Gasteiger partial charge in [-0.2, -0.15) is 5.10 Å². The van der Waals surface area contributed by atoms with Crippen molar-refractivity contribution in [3.63, 3.8) is 0 Å². The van der Waals surface area contributed by atoms with E-state index in [2.05, 4.69) is 29.0 Å². The largest absolute Gasteiger partial charge is 0.375 e. The number of amides is 1. The first-order valence-electron chi connectivity index (χ1n) is 9.85. The maximum absolute atomic E-state index is 13.1. The average molecular weight is 371 g/mol. The van der Waals surface area contributed by atoms with E-state index in [9.17, 15) is 4.79 Å². The number of hydrogen-bond donors (Lipinski definition) is 0. The van der Waals surface area contributed by atoms with E-state index in [1.165, 1.54) is 0 Å². The lowest BCUT2D eigenvalue weighted by atomic mass is 10.0. The van der Waals surface area contributed by atoms with Crippen LogP contribution in [0.1, 0.15) is 23.2 Å². The summed E-state index contributed by atoms with van der Waals surface area (Å²) in [6, 6.07) is 6.22. The van der Waals surface area contributed by atoms with Crippen LogP contribution in [0, 0.1) is 0 Å². The van der Waals surface area contributed by atoms with Crippen LogP contribution in [0.25, 0.3) is 5.52 Å². The Morgan fingerprint density at radius 3 is 2.96 bits per heavy atom. The molecule has 0 aromatic carbocycles. The van der Waals surface area contributed by atoms with Crippen LogP contribution in [-0.4, -0.2) is 95.8 Å². The SMILES string of the molecule is CN(C)CCN1CCOC2CCN(C(=O)c3cnn4ccccc34)CCC21. The zero-order valence-corrected chi connectivity index (χ0v) is 16.3. The Balaban J connectivity index is 1.47. The Morgan fingerprint density at radius 1 is 1.26 bits per heavy atom. The van der Waals surface area contributed by atoms with Crippen LogP contribution >= 0.6 is 0 Å². The Hall–Kier alpha value is -1.96. The number of carbonyl (C=O) groups excluding carboxylic acids is 1. The van der Waals surface area contributed by atoms with Crippen LogP contribution in [0.5, 0.6) is 0 Å². The molecule has 2 fully saturated rings. The van der Waals surface area contributed by atoms with E-state index < -0.39 is 0 Å². The maximum Gasteiger partial charge on any atom is 0.257 e. The molecular formula is C20H29N5O2. The van der Waals surface area contributed by atoms with Gasteiger partial charge in [0.05, 0.1) is 30.0 Å². The predicted octanol–water partition coefficient (Wildman–Crippen LogP) is 1.20. The molecule has 2 aliphatic heterocycles. The van der Waals surface area contributed by atoms with Gasteiger partial charge in [0.15, 0.2) is 0 Å². The molecule has 0 bridgehead atoms. The zero-order chi connectivity index (χ0) is 18.8. The number of pyridine rings is 1. The number of fused-ring (bicyclic) bond motifs is 2. The van der Waals surface area contributed by atoms with Crippen molar-refractivity contribution in [1.82, 2.24) is 24.3 Å². The molecule has 4 rings (SSSR count). The Morgan fingerprint density at radius 2 is 2.11 bits per heavy atom. The maximum atomic E-state index is 13.1. The third kappa shape index (κ3) is 3.85. The normalized spacial score (nSPS) is 24.2. The minimum Gasteiger partial charge on any atom is -0.375 e. The Labute approximate surface area is 160 Å². The van der Waals surface area contributed by atoms with Crippen LogP contribution in [0.15, 0.2) is 30.6 Å². The summed E-state index contributed by atoms with van der Waals surface area (Å²) in [5, 5.41) is 4.31. The molecule has 2 aromatic heterocycles. The lowest BCUT2D eigenvalue weighted by Gasteiger charge is -2.40. The second-order valence-electron chi connectivity index (χ2n) is 7.77. The number of likely N-dealkylation sites (tertiary alicyclic amines) is 1. The van der Waals surface area contributed by atoms with Crippen LogP contribution in [0.4, 0.5) is 0 Å². The van der Waals surface area contributed by atoms with Gasteiger partial charge in [0.1, 0.15) is 0 Å². The summed E-state index contributed by atoms with van der Waals surface area (Å²) in [5.74, 6) is 0.0784. The molecule has 0 N–H and O–H groups in total. The fraction of sp³-hybridized carbons (Fsp3) is 0.600. The highest BCUT2D eigenvalue weighted by Crippen LogP contribution is 2.25. The minimum atomic E-state index is 0.0784. The van der Waals surface area contributed by atoms with E-state index in [-0.39, 0.29) is 12.0 Å².